The molecule has 1 fully saturated rings. The Balaban J connectivity index is 2.16. The van der Waals surface area contributed by atoms with E-state index >= 15 is 0 Å². The zero-order valence-corrected chi connectivity index (χ0v) is 11.8. The van der Waals surface area contributed by atoms with E-state index in [1.807, 2.05) is 0 Å². The van der Waals surface area contributed by atoms with Crippen molar-refractivity contribution < 1.29 is 19.1 Å². The van der Waals surface area contributed by atoms with Crippen molar-refractivity contribution in [2.24, 2.45) is 5.41 Å². The molecule has 3 nitrogen and oxygen atoms in total. The Morgan fingerprint density at radius 1 is 1.25 bits per heavy atom. The Hall–Kier alpha value is -1.42. The van der Waals surface area contributed by atoms with Gasteiger partial charge in [-0.05, 0) is 36.5 Å². The van der Waals surface area contributed by atoms with Crippen LogP contribution in [0.2, 0.25) is 5.02 Å². The first kappa shape index (κ1) is 15.0. The van der Waals surface area contributed by atoms with Crippen LogP contribution in [0.15, 0.2) is 18.2 Å². The fourth-order valence-electron chi connectivity index (χ4n) is 2.97. The van der Waals surface area contributed by atoms with Crippen molar-refractivity contribution in [3.8, 4) is 0 Å². The van der Waals surface area contributed by atoms with E-state index < -0.39 is 17.2 Å². The molecule has 0 aliphatic heterocycles. The lowest BCUT2D eigenvalue weighted by atomic mass is 9.77. The monoisotopic (exact) mass is 298 g/mol. The summed E-state index contributed by atoms with van der Waals surface area (Å²) in [5.41, 5.74) is -0.114. The minimum absolute atomic E-state index is 0.00761. The molecule has 1 saturated carbocycles. The summed E-state index contributed by atoms with van der Waals surface area (Å²) in [6.07, 6.45) is 3.59. The average Bonchev–Trinajstić information content (AvgIpc) is 2.79. The lowest BCUT2D eigenvalue weighted by Crippen LogP contribution is -2.24. The van der Waals surface area contributed by atoms with E-state index in [2.05, 4.69) is 0 Å². The molecule has 0 saturated heterocycles. The Bertz CT molecular complexity index is 536. The number of hydrogen-bond donors (Lipinski definition) is 1. The van der Waals surface area contributed by atoms with Gasteiger partial charge in [0.1, 0.15) is 5.82 Å². The first-order valence-corrected chi connectivity index (χ1v) is 7.00. The van der Waals surface area contributed by atoms with Gasteiger partial charge in [0.2, 0.25) is 0 Å². The highest BCUT2D eigenvalue weighted by Crippen LogP contribution is 2.44. The van der Waals surface area contributed by atoms with E-state index in [0.29, 0.717) is 5.56 Å². The molecule has 1 aliphatic rings. The molecule has 1 N–H and O–H groups in total. The van der Waals surface area contributed by atoms with Gasteiger partial charge in [0.05, 0.1) is 11.4 Å². The van der Waals surface area contributed by atoms with Crippen LogP contribution in [0.25, 0.3) is 0 Å². The molecule has 0 heterocycles. The van der Waals surface area contributed by atoms with Gasteiger partial charge in [-0.15, -0.1) is 0 Å². The molecule has 0 radical (unpaired) electrons. The summed E-state index contributed by atoms with van der Waals surface area (Å²) in [6, 6.07) is 3.86. The molecule has 1 aromatic rings. The SMILES string of the molecule is O=C(O)CC1(CC(=O)c2ccc(F)c(Cl)c2)CCCC1. The zero-order chi connectivity index (χ0) is 14.8. The molecule has 108 valence electrons. The molecule has 5 heteroatoms. The quantitative estimate of drug-likeness (QED) is 0.833. The number of rotatable bonds is 5. The van der Waals surface area contributed by atoms with Crippen LogP contribution in [0.1, 0.15) is 48.9 Å². The fourth-order valence-corrected chi connectivity index (χ4v) is 3.15. The van der Waals surface area contributed by atoms with Gasteiger partial charge in [0.15, 0.2) is 5.78 Å². The smallest absolute Gasteiger partial charge is 0.303 e. The lowest BCUT2D eigenvalue weighted by Gasteiger charge is -2.26. The number of halogens is 2. The third-order valence-electron chi connectivity index (χ3n) is 3.97. The number of carbonyl (C=O) groups excluding carboxylic acids is 1. The van der Waals surface area contributed by atoms with Crippen molar-refractivity contribution in [1.82, 2.24) is 0 Å². The third-order valence-corrected chi connectivity index (χ3v) is 4.26. The van der Waals surface area contributed by atoms with Crippen LogP contribution in [0.5, 0.6) is 0 Å². The number of aliphatic carboxylic acids is 1. The average molecular weight is 299 g/mol. The van der Waals surface area contributed by atoms with Crippen molar-refractivity contribution in [2.75, 3.05) is 0 Å². The second kappa shape index (κ2) is 5.92. The first-order chi connectivity index (χ1) is 9.42. The van der Waals surface area contributed by atoms with Crippen LogP contribution >= 0.6 is 11.6 Å². The van der Waals surface area contributed by atoms with Crippen LogP contribution in [-0.2, 0) is 4.79 Å². The predicted molar refractivity (Wildman–Crippen MR) is 73.5 cm³/mol. The molecule has 2 rings (SSSR count). The molecular formula is C15H16ClFO3. The summed E-state index contributed by atoms with van der Waals surface area (Å²) in [4.78, 5) is 23.3. The third kappa shape index (κ3) is 3.37. The zero-order valence-electron chi connectivity index (χ0n) is 11.0. The maximum Gasteiger partial charge on any atom is 0.303 e. The number of carbonyl (C=O) groups is 2. The van der Waals surface area contributed by atoms with Crippen molar-refractivity contribution >= 4 is 23.4 Å². The van der Waals surface area contributed by atoms with Crippen molar-refractivity contribution in [3.05, 3.63) is 34.6 Å². The molecule has 1 aromatic carbocycles. The van der Waals surface area contributed by atoms with Gasteiger partial charge in [-0.25, -0.2) is 4.39 Å². The molecular weight excluding hydrogens is 283 g/mol. The van der Waals surface area contributed by atoms with Gasteiger partial charge in [-0.2, -0.15) is 0 Å². The number of carboxylic acids is 1. The van der Waals surface area contributed by atoms with Crippen LogP contribution < -0.4 is 0 Å². The maximum atomic E-state index is 13.1. The summed E-state index contributed by atoms with van der Waals surface area (Å²) < 4.78 is 13.1. The second-order valence-corrected chi connectivity index (χ2v) is 5.91. The standard InChI is InChI=1S/C15H16ClFO3/c16-11-7-10(3-4-12(11)17)13(18)8-15(9-14(19)20)5-1-2-6-15/h3-4,7H,1-2,5-6,8-9H2,(H,19,20). The number of hydrogen-bond acceptors (Lipinski definition) is 2. The van der Waals surface area contributed by atoms with Crippen LogP contribution in [-0.4, -0.2) is 16.9 Å². The van der Waals surface area contributed by atoms with E-state index in [9.17, 15) is 14.0 Å². The minimum atomic E-state index is -0.878. The van der Waals surface area contributed by atoms with Crippen LogP contribution in [0.4, 0.5) is 4.39 Å². The van der Waals surface area contributed by atoms with Gasteiger partial charge in [0, 0.05) is 12.0 Å². The summed E-state index contributed by atoms with van der Waals surface area (Å²) >= 11 is 5.67. The van der Waals surface area contributed by atoms with Crippen LogP contribution in [0.3, 0.4) is 0 Å². The van der Waals surface area contributed by atoms with Crippen LogP contribution in [0, 0.1) is 11.2 Å². The highest BCUT2D eigenvalue weighted by molar-refractivity contribution is 6.31. The second-order valence-electron chi connectivity index (χ2n) is 5.51. The fraction of sp³-hybridized carbons (Fsp3) is 0.467. The summed E-state index contributed by atoms with van der Waals surface area (Å²) in [5.74, 6) is -1.61. The summed E-state index contributed by atoms with van der Waals surface area (Å²) in [6.45, 7) is 0. The van der Waals surface area contributed by atoms with Crippen molar-refractivity contribution in [2.45, 2.75) is 38.5 Å². The van der Waals surface area contributed by atoms with E-state index in [-0.39, 0.29) is 23.6 Å². The van der Waals surface area contributed by atoms with E-state index in [4.69, 9.17) is 16.7 Å². The number of carboxylic acid groups (broad SMARTS) is 1. The molecule has 0 unspecified atom stereocenters. The van der Waals surface area contributed by atoms with Gasteiger partial charge < -0.3 is 5.11 Å². The molecule has 0 aromatic heterocycles. The minimum Gasteiger partial charge on any atom is -0.481 e. The van der Waals surface area contributed by atoms with Crippen molar-refractivity contribution in [1.29, 1.82) is 0 Å². The van der Waals surface area contributed by atoms with E-state index in [0.717, 1.165) is 31.7 Å². The molecule has 0 atom stereocenters. The number of benzene rings is 1. The predicted octanol–water partition coefficient (Wildman–Crippen LogP) is 4.09. The Morgan fingerprint density at radius 2 is 1.90 bits per heavy atom. The Kier molecular flexibility index (Phi) is 4.43. The molecule has 0 spiro atoms. The Morgan fingerprint density at radius 3 is 2.45 bits per heavy atom. The topological polar surface area (TPSA) is 54.4 Å². The molecule has 20 heavy (non-hydrogen) atoms. The summed E-state index contributed by atoms with van der Waals surface area (Å²) in [5, 5.41) is 8.93. The number of ketones is 1. The van der Waals surface area contributed by atoms with Gasteiger partial charge >= 0.3 is 5.97 Å². The molecule has 1 aliphatic carbocycles. The van der Waals surface area contributed by atoms with E-state index in [1.54, 1.807) is 0 Å². The first-order valence-electron chi connectivity index (χ1n) is 6.62. The lowest BCUT2D eigenvalue weighted by molar-refractivity contribution is -0.139. The van der Waals surface area contributed by atoms with Gasteiger partial charge in [-0.1, -0.05) is 24.4 Å². The Labute approximate surface area is 121 Å². The molecule has 0 bridgehead atoms. The maximum absolute atomic E-state index is 13.1. The normalized spacial score (nSPS) is 17.1. The summed E-state index contributed by atoms with van der Waals surface area (Å²) in [7, 11) is 0. The van der Waals surface area contributed by atoms with Gasteiger partial charge in [0.25, 0.3) is 0 Å². The number of Topliss-reactive ketones (excluding diaryl/α,β-unsaturated/α-hetero) is 1. The van der Waals surface area contributed by atoms with Crippen molar-refractivity contribution in [3.63, 3.8) is 0 Å². The largest absolute Gasteiger partial charge is 0.481 e. The van der Waals surface area contributed by atoms with E-state index in [1.165, 1.54) is 12.1 Å². The highest BCUT2D eigenvalue weighted by atomic mass is 35.5. The highest BCUT2D eigenvalue weighted by Gasteiger charge is 2.38. The molecule has 0 amide bonds. The van der Waals surface area contributed by atoms with Gasteiger partial charge in [-0.3, -0.25) is 9.59 Å².